The summed E-state index contributed by atoms with van der Waals surface area (Å²) in [4.78, 5) is 23.2. The highest BCUT2D eigenvalue weighted by atomic mass is 79.9. The van der Waals surface area contributed by atoms with Gasteiger partial charge in [-0.15, -0.1) is 0 Å². The van der Waals surface area contributed by atoms with E-state index < -0.39 is 17.4 Å². The molecule has 1 aromatic carbocycles. The Kier molecular flexibility index (Phi) is 3.30. The van der Waals surface area contributed by atoms with Crippen LogP contribution in [0.3, 0.4) is 0 Å². The molecule has 18 heavy (non-hydrogen) atoms. The van der Waals surface area contributed by atoms with Gasteiger partial charge in [0, 0.05) is 15.7 Å². The smallest absolute Gasteiger partial charge is 0.329 e. The molecule has 1 aromatic rings. The number of nitrogens with two attached hydrogens (primary N) is 1. The van der Waals surface area contributed by atoms with Crippen molar-refractivity contribution in [1.82, 2.24) is 5.32 Å². The number of carboxylic acid groups (broad SMARTS) is 1. The maximum Gasteiger partial charge on any atom is 0.329 e. The van der Waals surface area contributed by atoms with E-state index in [0.29, 0.717) is 28.6 Å². The highest BCUT2D eigenvalue weighted by Crippen LogP contribution is 2.32. The average molecular weight is 313 g/mol. The van der Waals surface area contributed by atoms with Crippen LogP contribution in [0.5, 0.6) is 0 Å². The summed E-state index contributed by atoms with van der Waals surface area (Å²) in [7, 11) is 0. The third-order valence-electron chi connectivity index (χ3n) is 3.15. The van der Waals surface area contributed by atoms with E-state index in [9.17, 15) is 9.59 Å². The minimum atomic E-state index is -1.10. The molecule has 96 valence electrons. The van der Waals surface area contributed by atoms with Crippen LogP contribution < -0.4 is 11.1 Å². The second-order valence-corrected chi connectivity index (χ2v) is 5.38. The monoisotopic (exact) mass is 312 g/mol. The van der Waals surface area contributed by atoms with Crippen molar-refractivity contribution in [2.24, 2.45) is 0 Å². The molecule has 0 atom stereocenters. The molecule has 1 amide bonds. The first-order chi connectivity index (χ1) is 8.43. The summed E-state index contributed by atoms with van der Waals surface area (Å²) in [5.74, 6) is -1.39. The van der Waals surface area contributed by atoms with Crippen LogP contribution in [-0.4, -0.2) is 22.5 Å². The van der Waals surface area contributed by atoms with Crippen molar-refractivity contribution in [3.63, 3.8) is 0 Å². The van der Waals surface area contributed by atoms with Crippen LogP contribution in [0.2, 0.25) is 0 Å². The van der Waals surface area contributed by atoms with Gasteiger partial charge in [0.1, 0.15) is 5.54 Å². The molecule has 1 fully saturated rings. The molecular formula is C12H13BrN2O3. The van der Waals surface area contributed by atoms with Crippen LogP contribution in [0.15, 0.2) is 22.7 Å². The fourth-order valence-electron chi connectivity index (χ4n) is 1.96. The Morgan fingerprint density at radius 3 is 2.44 bits per heavy atom. The summed E-state index contributed by atoms with van der Waals surface area (Å²) < 4.78 is 0.686. The Hall–Kier alpha value is -1.56. The van der Waals surface area contributed by atoms with Gasteiger partial charge in [0.25, 0.3) is 5.91 Å². The maximum atomic E-state index is 12.0. The van der Waals surface area contributed by atoms with E-state index in [4.69, 9.17) is 10.8 Å². The molecule has 0 saturated heterocycles. The van der Waals surface area contributed by atoms with Crippen LogP contribution >= 0.6 is 15.9 Å². The lowest BCUT2D eigenvalue weighted by Gasteiger charge is -2.38. The highest BCUT2D eigenvalue weighted by Gasteiger charge is 2.45. The molecule has 0 unspecified atom stereocenters. The molecule has 1 aliphatic carbocycles. The van der Waals surface area contributed by atoms with Crippen molar-refractivity contribution >= 4 is 33.5 Å². The van der Waals surface area contributed by atoms with Gasteiger partial charge < -0.3 is 16.2 Å². The first kappa shape index (κ1) is 12.9. The maximum absolute atomic E-state index is 12.0. The SMILES string of the molecule is Nc1cc(Br)cc(C(=O)NC2(C(=O)O)CCC2)c1. The lowest BCUT2D eigenvalue weighted by molar-refractivity contribution is -0.148. The van der Waals surface area contributed by atoms with Gasteiger partial charge in [-0.2, -0.15) is 0 Å². The number of aliphatic carboxylic acids is 1. The van der Waals surface area contributed by atoms with Gasteiger partial charge in [-0.25, -0.2) is 4.79 Å². The topological polar surface area (TPSA) is 92.4 Å². The van der Waals surface area contributed by atoms with Crippen LogP contribution in [0.4, 0.5) is 5.69 Å². The molecule has 0 bridgehead atoms. The van der Waals surface area contributed by atoms with Crippen molar-refractivity contribution < 1.29 is 14.7 Å². The summed E-state index contributed by atoms with van der Waals surface area (Å²) in [6, 6.07) is 4.81. The number of carbonyl (C=O) groups excluding carboxylic acids is 1. The number of carbonyl (C=O) groups is 2. The van der Waals surface area contributed by atoms with E-state index in [1.54, 1.807) is 12.1 Å². The standard InChI is InChI=1S/C12H13BrN2O3/c13-8-4-7(5-9(14)6-8)10(16)15-12(11(17)18)2-1-3-12/h4-6H,1-3,14H2,(H,15,16)(H,17,18). The van der Waals surface area contributed by atoms with Gasteiger partial charge in [-0.05, 0) is 37.5 Å². The lowest BCUT2D eigenvalue weighted by atomic mass is 9.76. The zero-order chi connectivity index (χ0) is 13.3. The predicted molar refractivity (Wildman–Crippen MR) is 70.2 cm³/mol. The van der Waals surface area contributed by atoms with Gasteiger partial charge in [0.05, 0.1) is 0 Å². The van der Waals surface area contributed by atoms with E-state index >= 15 is 0 Å². The zero-order valence-electron chi connectivity index (χ0n) is 9.57. The van der Waals surface area contributed by atoms with Crippen LogP contribution in [0.1, 0.15) is 29.6 Å². The molecule has 2 rings (SSSR count). The number of rotatable bonds is 3. The highest BCUT2D eigenvalue weighted by molar-refractivity contribution is 9.10. The first-order valence-corrected chi connectivity index (χ1v) is 6.34. The van der Waals surface area contributed by atoms with Crippen molar-refractivity contribution in [2.45, 2.75) is 24.8 Å². The molecule has 0 radical (unpaired) electrons. The molecule has 6 heteroatoms. The van der Waals surface area contributed by atoms with Crippen LogP contribution in [0.25, 0.3) is 0 Å². The fraction of sp³-hybridized carbons (Fsp3) is 0.333. The molecule has 0 spiro atoms. The largest absolute Gasteiger partial charge is 0.480 e. The molecule has 1 aliphatic rings. The number of nitrogens with one attached hydrogen (secondary N) is 1. The molecule has 0 heterocycles. The summed E-state index contributed by atoms with van der Waals surface area (Å²) >= 11 is 3.24. The summed E-state index contributed by atoms with van der Waals surface area (Å²) in [5.41, 5.74) is 5.35. The molecule has 0 aromatic heterocycles. The van der Waals surface area contributed by atoms with Crippen LogP contribution in [0, 0.1) is 0 Å². The fourth-order valence-corrected chi connectivity index (χ4v) is 2.47. The minimum Gasteiger partial charge on any atom is -0.480 e. The lowest BCUT2D eigenvalue weighted by Crippen LogP contribution is -2.59. The van der Waals surface area contributed by atoms with Gasteiger partial charge in [0.15, 0.2) is 0 Å². The number of carboxylic acids is 1. The van der Waals surface area contributed by atoms with Gasteiger partial charge in [-0.1, -0.05) is 15.9 Å². The van der Waals surface area contributed by atoms with Crippen molar-refractivity contribution in [3.8, 4) is 0 Å². The average Bonchev–Trinajstić information content (AvgIpc) is 2.21. The second-order valence-electron chi connectivity index (χ2n) is 4.47. The number of hydrogen-bond acceptors (Lipinski definition) is 3. The molecule has 0 aliphatic heterocycles. The number of halogens is 1. The Morgan fingerprint density at radius 1 is 1.33 bits per heavy atom. The summed E-state index contributed by atoms with van der Waals surface area (Å²) in [5, 5.41) is 11.7. The Balaban J connectivity index is 2.19. The van der Waals surface area contributed by atoms with Gasteiger partial charge in [0.2, 0.25) is 0 Å². The third kappa shape index (κ3) is 2.33. The van der Waals surface area contributed by atoms with E-state index in [2.05, 4.69) is 21.2 Å². The third-order valence-corrected chi connectivity index (χ3v) is 3.61. The van der Waals surface area contributed by atoms with Crippen molar-refractivity contribution in [3.05, 3.63) is 28.2 Å². The van der Waals surface area contributed by atoms with E-state index in [1.165, 1.54) is 6.07 Å². The van der Waals surface area contributed by atoms with E-state index in [1.807, 2.05) is 0 Å². The summed E-state index contributed by atoms with van der Waals surface area (Å²) in [6.45, 7) is 0. The number of benzene rings is 1. The van der Waals surface area contributed by atoms with Gasteiger partial charge >= 0.3 is 5.97 Å². The van der Waals surface area contributed by atoms with E-state index in [0.717, 1.165) is 6.42 Å². The number of amides is 1. The Bertz CT molecular complexity index is 492. The molecule has 1 saturated carbocycles. The first-order valence-electron chi connectivity index (χ1n) is 5.55. The second kappa shape index (κ2) is 4.61. The normalized spacial score (nSPS) is 16.7. The Labute approximate surface area is 112 Å². The molecular weight excluding hydrogens is 300 g/mol. The van der Waals surface area contributed by atoms with Crippen molar-refractivity contribution in [2.75, 3.05) is 5.73 Å². The Morgan fingerprint density at radius 2 is 2.00 bits per heavy atom. The molecule has 4 N–H and O–H groups in total. The number of nitrogen functional groups attached to an aromatic ring is 1. The number of anilines is 1. The predicted octanol–water partition coefficient (Wildman–Crippen LogP) is 1.77. The van der Waals surface area contributed by atoms with Gasteiger partial charge in [-0.3, -0.25) is 4.79 Å². The summed E-state index contributed by atoms with van der Waals surface area (Å²) in [6.07, 6.45) is 1.75. The molecule has 5 nitrogen and oxygen atoms in total. The zero-order valence-corrected chi connectivity index (χ0v) is 11.2. The number of hydrogen-bond donors (Lipinski definition) is 3. The van der Waals surface area contributed by atoms with Crippen molar-refractivity contribution in [1.29, 1.82) is 0 Å². The minimum absolute atomic E-state index is 0.356. The van der Waals surface area contributed by atoms with E-state index in [-0.39, 0.29) is 0 Å². The van der Waals surface area contributed by atoms with Crippen LogP contribution in [-0.2, 0) is 4.79 Å². The quantitative estimate of drug-likeness (QED) is 0.742.